The van der Waals surface area contributed by atoms with E-state index in [2.05, 4.69) is 6.58 Å². The monoisotopic (exact) mass is 262 g/mol. The highest BCUT2D eigenvalue weighted by Crippen LogP contribution is 2.23. The van der Waals surface area contributed by atoms with Crippen molar-refractivity contribution in [1.82, 2.24) is 0 Å². The van der Waals surface area contributed by atoms with Gasteiger partial charge in [0.15, 0.2) is 6.10 Å². The summed E-state index contributed by atoms with van der Waals surface area (Å²) in [5, 5.41) is 8.85. The first kappa shape index (κ1) is 13.6. The molecule has 1 fully saturated rings. The zero-order valence-corrected chi connectivity index (χ0v) is 10.7. The molecule has 0 aliphatic carbocycles. The summed E-state index contributed by atoms with van der Waals surface area (Å²) in [7, 11) is 0. The molecule has 1 aliphatic heterocycles. The zero-order valence-electron chi connectivity index (χ0n) is 10.7. The van der Waals surface area contributed by atoms with Crippen LogP contribution in [0.15, 0.2) is 36.9 Å². The average Bonchev–Trinajstić information content (AvgIpc) is 2.87. The van der Waals surface area contributed by atoms with Crippen LogP contribution in [0.5, 0.6) is 5.75 Å². The van der Waals surface area contributed by atoms with Gasteiger partial charge in [-0.3, -0.25) is 0 Å². The van der Waals surface area contributed by atoms with E-state index in [-0.39, 0.29) is 6.10 Å². The molecule has 19 heavy (non-hydrogen) atoms. The second kappa shape index (κ2) is 6.38. The Labute approximate surface area is 112 Å². The number of aliphatic carboxylic acids is 1. The largest absolute Gasteiger partial charge is 0.491 e. The highest BCUT2D eigenvalue weighted by atomic mass is 16.6. The molecule has 0 bridgehead atoms. The van der Waals surface area contributed by atoms with Crippen LogP contribution in [0.25, 0.3) is 0 Å². The number of carbonyl (C=O) groups is 1. The Hall–Kier alpha value is -1.81. The molecule has 1 N–H and O–H groups in total. The summed E-state index contributed by atoms with van der Waals surface area (Å²) < 4.78 is 11.1. The number of rotatable bonds is 6. The van der Waals surface area contributed by atoms with Crippen molar-refractivity contribution in [1.29, 1.82) is 0 Å². The normalized spacial score (nSPS) is 22.1. The molecule has 0 amide bonds. The van der Waals surface area contributed by atoms with Gasteiger partial charge in [-0.05, 0) is 30.9 Å². The predicted molar refractivity (Wildman–Crippen MR) is 71.4 cm³/mol. The van der Waals surface area contributed by atoms with Crippen molar-refractivity contribution >= 4 is 5.97 Å². The number of carboxylic acid groups (broad SMARTS) is 1. The summed E-state index contributed by atoms with van der Waals surface area (Å²) in [6.07, 6.45) is 3.03. The van der Waals surface area contributed by atoms with E-state index in [1.165, 1.54) is 0 Å². The van der Waals surface area contributed by atoms with Gasteiger partial charge < -0.3 is 14.6 Å². The third kappa shape index (κ3) is 3.58. The van der Waals surface area contributed by atoms with Gasteiger partial charge in [-0.25, -0.2) is 4.79 Å². The van der Waals surface area contributed by atoms with E-state index in [0.717, 1.165) is 24.2 Å². The van der Waals surface area contributed by atoms with Crippen molar-refractivity contribution < 1.29 is 19.4 Å². The van der Waals surface area contributed by atoms with Crippen LogP contribution >= 0.6 is 0 Å². The number of carboxylic acids is 1. The van der Waals surface area contributed by atoms with Crippen molar-refractivity contribution in [2.45, 2.75) is 31.5 Å². The smallest absolute Gasteiger partial charge is 0.332 e. The molecule has 4 heteroatoms. The van der Waals surface area contributed by atoms with Gasteiger partial charge in [-0.2, -0.15) is 0 Å². The molecule has 0 radical (unpaired) electrons. The third-order valence-electron chi connectivity index (χ3n) is 3.14. The molecule has 102 valence electrons. The highest BCUT2D eigenvalue weighted by molar-refractivity contribution is 5.72. The van der Waals surface area contributed by atoms with E-state index in [1.54, 1.807) is 0 Å². The lowest BCUT2D eigenvalue weighted by molar-refractivity contribution is -0.149. The highest BCUT2D eigenvalue weighted by Gasteiger charge is 2.30. The fraction of sp³-hybridized carbons (Fsp3) is 0.400. The fourth-order valence-electron chi connectivity index (χ4n) is 2.16. The van der Waals surface area contributed by atoms with E-state index >= 15 is 0 Å². The molecule has 0 saturated carbocycles. The Morgan fingerprint density at radius 1 is 1.47 bits per heavy atom. The first-order valence-corrected chi connectivity index (χ1v) is 6.40. The Morgan fingerprint density at radius 3 is 2.95 bits per heavy atom. The van der Waals surface area contributed by atoms with Gasteiger partial charge in [-0.1, -0.05) is 24.3 Å². The van der Waals surface area contributed by atoms with Gasteiger partial charge in [0, 0.05) is 0 Å². The van der Waals surface area contributed by atoms with E-state index in [4.69, 9.17) is 14.6 Å². The second-order valence-corrected chi connectivity index (χ2v) is 4.57. The summed E-state index contributed by atoms with van der Waals surface area (Å²) >= 11 is 0. The van der Waals surface area contributed by atoms with Gasteiger partial charge >= 0.3 is 5.97 Å². The number of hydrogen-bond acceptors (Lipinski definition) is 3. The van der Waals surface area contributed by atoms with Gasteiger partial charge in [-0.15, -0.1) is 6.58 Å². The Kier molecular flexibility index (Phi) is 4.58. The Morgan fingerprint density at radius 2 is 2.26 bits per heavy atom. The fourth-order valence-corrected chi connectivity index (χ4v) is 2.16. The number of ether oxygens (including phenoxy) is 2. The van der Waals surface area contributed by atoms with E-state index < -0.39 is 12.1 Å². The lowest BCUT2D eigenvalue weighted by Gasteiger charge is -2.14. The van der Waals surface area contributed by atoms with Crippen LogP contribution in [0.2, 0.25) is 0 Å². The van der Waals surface area contributed by atoms with Gasteiger partial charge in [0.2, 0.25) is 0 Å². The van der Waals surface area contributed by atoms with Crippen molar-refractivity contribution in [2.24, 2.45) is 0 Å². The van der Waals surface area contributed by atoms with Gasteiger partial charge in [0.1, 0.15) is 12.4 Å². The SMILES string of the molecule is C=CCc1ccccc1OCC1CCC(C(=O)O)O1. The number of para-hydroxylation sites is 1. The molecule has 2 atom stereocenters. The molecule has 1 aromatic rings. The average molecular weight is 262 g/mol. The first-order valence-electron chi connectivity index (χ1n) is 6.40. The molecular weight excluding hydrogens is 244 g/mol. The predicted octanol–water partition coefficient (Wildman–Crippen LogP) is 2.43. The zero-order chi connectivity index (χ0) is 13.7. The van der Waals surface area contributed by atoms with Crippen LogP contribution in [0.3, 0.4) is 0 Å². The molecular formula is C15H18O4. The Bertz CT molecular complexity index is 455. The van der Waals surface area contributed by atoms with Gasteiger partial charge in [0.25, 0.3) is 0 Å². The Balaban J connectivity index is 1.89. The van der Waals surface area contributed by atoms with Crippen LogP contribution in [0, 0.1) is 0 Å². The molecule has 2 rings (SSSR count). The van der Waals surface area contributed by atoms with E-state index in [0.29, 0.717) is 13.0 Å². The minimum Gasteiger partial charge on any atom is -0.491 e. The summed E-state index contributed by atoms with van der Waals surface area (Å²) in [6.45, 7) is 4.11. The molecule has 4 nitrogen and oxygen atoms in total. The van der Waals surface area contributed by atoms with Crippen molar-refractivity contribution in [3.8, 4) is 5.75 Å². The molecule has 1 aliphatic rings. The quantitative estimate of drug-likeness (QED) is 0.800. The number of allylic oxidation sites excluding steroid dienone is 1. The number of hydrogen-bond donors (Lipinski definition) is 1. The van der Waals surface area contributed by atoms with Crippen molar-refractivity contribution in [3.63, 3.8) is 0 Å². The summed E-state index contributed by atoms with van der Waals surface area (Å²) in [6, 6.07) is 7.77. The standard InChI is InChI=1S/C15H18O4/c1-2-5-11-6-3-4-7-13(11)18-10-12-8-9-14(19-12)15(16)17/h2-4,6-7,12,14H,1,5,8-10H2,(H,16,17). The maximum absolute atomic E-state index is 10.8. The summed E-state index contributed by atoms with van der Waals surface area (Å²) in [4.78, 5) is 10.8. The van der Waals surface area contributed by atoms with Crippen LogP contribution < -0.4 is 4.74 Å². The first-order chi connectivity index (χ1) is 9.20. The molecule has 1 aromatic carbocycles. The second-order valence-electron chi connectivity index (χ2n) is 4.57. The lowest BCUT2D eigenvalue weighted by Crippen LogP contribution is -2.23. The van der Waals surface area contributed by atoms with E-state index in [1.807, 2.05) is 30.3 Å². The van der Waals surface area contributed by atoms with Crippen LogP contribution in [0.1, 0.15) is 18.4 Å². The minimum atomic E-state index is -0.894. The molecule has 2 unspecified atom stereocenters. The van der Waals surface area contributed by atoms with Crippen LogP contribution in [-0.2, 0) is 16.0 Å². The third-order valence-corrected chi connectivity index (χ3v) is 3.14. The maximum atomic E-state index is 10.8. The molecule has 0 spiro atoms. The minimum absolute atomic E-state index is 0.141. The van der Waals surface area contributed by atoms with Gasteiger partial charge in [0.05, 0.1) is 6.10 Å². The molecule has 0 aromatic heterocycles. The van der Waals surface area contributed by atoms with Crippen LogP contribution in [0.4, 0.5) is 0 Å². The van der Waals surface area contributed by atoms with Crippen molar-refractivity contribution in [3.05, 3.63) is 42.5 Å². The summed E-state index contributed by atoms with van der Waals surface area (Å²) in [5.74, 6) is -0.0840. The lowest BCUT2D eigenvalue weighted by atomic mass is 10.1. The molecule has 1 heterocycles. The topological polar surface area (TPSA) is 55.8 Å². The molecule has 1 saturated heterocycles. The summed E-state index contributed by atoms with van der Waals surface area (Å²) in [5.41, 5.74) is 1.07. The van der Waals surface area contributed by atoms with E-state index in [9.17, 15) is 4.79 Å². The van der Waals surface area contributed by atoms with Crippen LogP contribution in [-0.4, -0.2) is 29.9 Å². The number of benzene rings is 1. The maximum Gasteiger partial charge on any atom is 0.332 e. The van der Waals surface area contributed by atoms with Crippen molar-refractivity contribution in [2.75, 3.05) is 6.61 Å².